The maximum atomic E-state index is 13.0. The largest absolute Gasteiger partial charge is 0.353 e. The molecule has 0 spiro atoms. The summed E-state index contributed by atoms with van der Waals surface area (Å²) in [7, 11) is 0. The molecule has 0 saturated carbocycles. The van der Waals surface area contributed by atoms with E-state index in [1.54, 1.807) is 13.0 Å². The third-order valence-electron chi connectivity index (χ3n) is 4.24. The molecule has 0 bridgehead atoms. The van der Waals surface area contributed by atoms with Gasteiger partial charge < -0.3 is 14.7 Å². The number of nitrogens with zero attached hydrogens (tertiary/aromatic N) is 3. The first-order valence-corrected chi connectivity index (χ1v) is 8.02. The van der Waals surface area contributed by atoms with E-state index in [2.05, 4.69) is 15.5 Å². The van der Waals surface area contributed by atoms with Crippen molar-refractivity contribution in [2.24, 2.45) is 0 Å². The Morgan fingerprint density at radius 3 is 2.84 bits per heavy atom. The summed E-state index contributed by atoms with van der Waals surface area (Å²) in [5.74, 6) is -0.374. The van der Waals surface area contributed by atoms with E-state index >= 15 is 0 Å². The number of piperazine rings is 1. The van der Waals surface area contributed by atoms with Crippen molar-refractivity contribution >= 4 is 22.9 Å². The smallest absolute Gasteiger partial charge is 0.259 e. The number of rotatable bonds is 2. The van der Waals surface area contributed by atoms with Gasteiger partial charge in [0, 0.05) is 18.7 Å². The molecule has 0 atom stereocenters. The van der Waals surface area contributed by atoms with Crippen LogP contribution in [0.15, 0.2) is 40.9 Å². The molecule has 1 saturated heterocycles. The number of aromatic nitrogens is 2. The van der Waals surface area contributed by atoms with E-state index in [9.17, 15) is 9.59 Å². The van der Waals surface area contributed by atoms with E-state index in [4.69, 9.17) is 4.52 Å². The summed E-state index contributed by atoms with van der Waals surface area (Å²) in [6.07, 6.45) is 0. The molecule has 4 rings (SSSR count). The number of hydrogen-bond donors (Lipinski definition) is 1. The van der Waals surface area contributed by atoms with Crippen LogP contribution in [0.2, 0.25) is 0 Å². The topological polar surface area (TPSA) is 88.3 Å². The Hall–Kier alpha value is -3.22. The van der Waals surface area contributed by atoms with Gasteiger partial charge in [-0.3, -0.25) is 9.59 Å². The predicted octanol–water partition coefficient (Wildman–Crippen LogP) is 1.77. The summed E-state index contributed by atoms with van der Waals surface area (Å²) in [4.78, 5) is 30.7. The third-order valence-corrected chi connectivity index (χ3v) is 4.24. The van der Waals surface area contributed by atoms with Crippen LogP contribution in [0, 0.1) is 6.92 Å². The monoisotopic (exact) mass is 336 g/mol. The lowest BCUT2D eigenvalue weighted by molar-refractivity contribution is -0.123. The second-order valence-corrected chi connectivity index (χ2v) is 5.95. The standard InChI is InChI=1S/C18H16N4O3/c1-11-16-13(18(24)22-8-7-19-15(23)10-22)9-14(20-17(16)25-21-11)12-5-3-2-4-6-12/h2-6,9H,7-8,10H2,1H3,(H,19,23). The first-order chi connectivity index (χ1) is 12.1. The maximum Gasteiger partial charge on any atom is 0.259 e. The minimum atomic E-state index is -0.217. The fourth-order valence-corrected chi connectivity index (χ4v) is 3.00. The van der Waals surface area contributed by atoms with Crippen LogP contribution < -0.4 is 5.32 Å². The molecule has 7 heteroatoms. The van der Waals surface area contributed by atoms with E-state index in [1.165, 1.54) is 4.90 Å². The number of aryl methyl sites for hydroxylation is 1. The van der Waals surface area contributed by atoms with Crippen LogP contribution in [0.1, 0.15) is 16.1 Å². The van der Waals surface area contributed by atoms with Crippen LogP contribution in [-0.2, 0) is 4.79 Å². The van der Waals surface area contributed by atoms with Crippen LogP contribution >= 0.6 is 0 Å². The molecule has 0 radical (unpaired) electrons. The van der Waals surface area contributed by atoms with Crippen LogP contribution in [0.3, 0.4) is 0 Å². The lowest BCUT2D eigenvalue weighted by Crippen LogP contribution is -2.50. The van der Waals surface area contributed by atoms with Gasteiger partial charge in [0.2, 0.25) is 5.91 Å². The number of carbonyl (C=O) groups excluding carboxylic acids is 2. The third kappa shape index (κ3) is 2.73. The molecule has 25 heavy (non-hydrogen) atoms. The molecule has 1 aromatic carbocycles. The van der Waals surface area contributed by atoms with Crippen LogP contribution in [0.25, 0.3) is 22.4 Å². The minimum Gasteiger partial charge on any atom is -0.353 e. The molecule has 2 amide bonds. The van der Waals surface area contributed by atoms with Gasteiger partial charge in [-0.15, -0.1) is 0 Å². The van der Waals surface area contributed by atoms with Crippen molar-refractivity contribution < 1.29 is 14.1 Å². The Morgan fingerprint density at radius 2 is 2.08 bits per heavy atom. The summed E-state index contributed by atoms with van der Waals surface area (Å²) in [6.45, 7) is 2.75. The minimum absolute atomic E-state index is 0.0493. The quantitative estimate of drug-likeness (QED) is 0.770. The van der Waals surface area contributed by atoms with Gasteiger partial charge >= 0.3 is 0 Å². The summed E-state index contributed by atoms with van der Waals surface area (Å²) in [5.41, 5.74) is 2.89. The summed E-state index contributed by atoms with van der Waals surface area (Å²) in [6, 6.07) is 11.3. The second kappa shape index (κ2) is 6.01. The molecule has 2 aromatic heterocycles. The van der Waals surface area contributed by atoms with Gasteiger partial charge in [-0.05, 0) is 13.0 Å². The average Bonchev–Trinajstić information content (AvgIpc) is 3.02. The highest BCUT2D eigenvalue weighted by atomic mass is 16.5. The molecule has 7 nitrogen and oxygen atoms in total. The number of hydrogen-bond acceptors (Lipinski definition) is 5. The fourth-order valence-electron chi connectivity index (χ4n) is 3.00. The zero-order valence-electron chi connectivity index (χ0n) is 13.7. The van der Waals surface area contributed by atoms with Crippen molar-refractivity contribution in [3.05, 3.63) is 47.7 Å². The van der Waals surface area contributed by atoms with Gasteiger partial charge in [0.25, 0.3) is 11.6 Å². The molecule has 1 N–H and O–H groups in total. The van der Waals surface area contributed by atoms with Crippen molar-refractivity contribution in [1.29, 1.82) is 0 Å². The summed E-state index contributed by atoms with van der Waals surface area (Å²) in [5, 5.41) is 7.26. The Balaban J connectivity index is 1.85. The highest BCUT2D eigenvalue weighted by molar-refractivity contribution is 6.08. The highest BCUT2D eigenvalue weighted by Crippen LogP contribution is 2.28. The van der Waals surface area contributed by atoms with E-state index in [0.29, 0.717) is 41.1 Å². The van der Waals surface area contributed by atoms with Gasteiger partial charge in [0.05, 0.1) is 28.9 Å². The zero-order valence-corrected chi connectivity index (χ0v) is 13.7. The zero-order chi connectivity index (χ0) is 17.4. The summed E-state index contributed by atoms with van der Waals surface area (Å²) >= 11 is 0. The lowest BCUT2D eigenvalue weighted by Gasteiger charge is -2.27. The van der Waals surface area contributed by atoms with Crippen LogP contribution in [0.4, 0.5) is 0 Å². The predicted molar refractivity (Wildman–Crippen MR) is 90.9 cm³/mol. The van der Waals surface area contributed by atoms with Gasteiger partial charge in [0.1, 0.15) is 0 Å². The number of pyridine rings is 1. The van der Waals surface area contributed by atoms with E-state index in [1.807, 2.05) is 30.3 Å². The number of amides is 2. The van der Waals surface area contributed by atoms with E-state index in [0.717, 1.165) is 5.56 Å². The van der Waals surface area contributed by atoms with Gasteiger partial charge in [0.15, 0.2) is 0 Å². The van der Waals surface area contributed by atoms with Crippen LogP contribution in [0.5, 0.6) is 0 Å². The SMILES string of the molecule is Cc1noc2nc(-c3ccccc3)cc(C(=O)N3CCNC(=O)C3)c12. The molecule has 0 unspecified atom stereocenters. The highest BCUT2D eigenvalue weighted by Gasteiger charge is 2.26. The van der Waals surface area contributed by atoms with E-state index in [-0.39, 0.29) is 18.4 Å². The first kappa shape index (κ1) is 15.3. The molecule has 126 valence electrons. The molecule has 0 aliphatic carbocycles. The Morgan fingerprint density at radius 1 is 1.28 bits per heavy atom. The molecule has 3 heterocycles. The first-order valence-electron chi connectivity index (χ1n) is 8.02. The average molecular weight is 336 g/mol. The van der Waals surface area contributed by atoms with Crippen molar-refractivity contribution in [3.63, 3.8) is 0 Å². The van der Waals surface area contributed by atoms with Gasteiger partial charge in [-0.2, -0.15) is 0 Å². The van der Waals surface area contributed by atoms with Crippen molar-refractivity contribution in [3.8, 4) is 11.3 Å². The van der Waals surface area contributed by atoms with Gasteiger partial charge in [-0.1, -0.05) is 35.5 Å². The number of carbonyl (C=O) groups is 2. The van der Waals surface area contributed by atoms with Crippen molar-refractivity contribution in [2.75, 3.05) is 19.6 Å². The Bertz CT molecular complexity index is 965. The molecule has 1 aliphatic rings. The lowest BCUT2D eigenvalue weighted by atomic mass is 10.0. The van der Waals surface area contributed by atoms with Crippen molar-refractivity contribution in [2.45, 2.75) is 6.92 Å². The molecule has 1 fully saturated rings. The summed E-state index contributed by atoms with van der Waals surface area (Å²) < 4.78 is 5.30. The van der Waals surface area contributed by atoms with E-state index < -0.39 is 0 Å². The van der Waals surface area contributed by atoms with Crippen molar-refractivity contribution in [1.82, 2.24) is 20.4 Å². The molecular weight excluding hydrogens is 320 g/mol. The number of benzene rings is 1. The number of nitrogens with one attached hydrogen (secondary N) is 1. The molecule has 3 aromatic rings. The Kier molecular flexibility index (Phi) is 3.68. The normalized spacial score (nSPS) is 14.6. The maximum absolute atomic E-state index is 13.0. The Labute approximate surface area is 143 Å². The molecule has 1 aliphatic heterocycles. The number of fused-ring (bicyclic) bond motifs is 1. The van der Waals surface area contributed by atoms with Gasteiger partial charge in [-0.25, -0.2) is 4.98 Å². The fraction of sp³-hybridized carbons (Fsp3) is 0.222. The van der Waals surface area contributed by atoms with Crippen LogP contribution in [-0.4, -0.2) is 46.5 Å². The second-order valence-electron chi connectivity index (χ2n) is 5.95. The molecular formula is C18H16N4O3.